The summed E-state index contributed by atoms with van der Waals surface area (Å²) in [4.78, 5) is 14.6. The number of aromatic nitrogens is 3. The number of hydrogen-bond acceptors (Lipinski definition) is 6. The molecule has 1 fully saturated rings. The Kier molecular flexibility index (Phi) is 4.17. The van der Waals surface area contributed by atoms with E-state index >= 15 is 0 Å². The van der Waals surface area contributed by atoms with Gasteiger partial charge in [0.2, 0.25) is 11.9 Å². The summed E-state index contributed by atoms with van der Waals surface area (Å²) >= 11 is 0. The van der Waals surface area contributed by atoms with E-state index in [1.807, 2.05) is 19.0 Å². The Balaban J connectivity index is 2.03. The SMILES string of the molecule is CNc1nc(OCC2CCCC2)nc(N(C)C)n1. The number of nitrogens with zero attached hydrogens (tertiary/aromatic N) is 4. The van der Waals surface area contributed by atoms with Crippen LogP contribution < -0.4 is 15.0 Å². The van der Waals surface area contributed by atoms with E-state index < -0.39 is 0 Å². The van der Waals surface area contributed by atoms with Crippen LogP contribution in [-0.4, -0.2) is 42.7 Å². The lowest BCUT2D eigenvalue weighted by Crippen LogP contribution is -2.17. The van der Waals surface area contributed by atoms with Crippen LogP contribution in [0.5, 0.6) is 6.01 Å². The number of rotatable bonds is 5. The monoisotopic (exact) mass is 251 g/mol. The van der Waals surface area contributed by atoms with E-state index in [0.29, 0.717) is 30.4 Å². The smallest absolute Gasteiger partial charge is 0.323 e. The molecular formula is C12H21N5O. The van der Waals surface area contributed by atoms with Crippen LogP contribution in [0.3, 0.4) is 0 Å². The fourth-order valence-electron chi connectivity index (χ4n) is 2.09. The molecule has 0 saturated heterocycles. The summed E-state index contributed by atoms with van der Waals surface area (Å²) in [6.45, 7) is 0.708. The van der Waals surface area contributed by atoms with Gasteiger partial charge in [0.1, 0.15) is 0 Å². The molecular weight excluding hydrogens is 230 g/mol. The Labute approximate surface area is 108 Å². The molecule has 100 valence electrons. The highest BCUT2D eigenvalue weighted by atomic mass is 16.5. The molecule has 1 aromatic heterocycles. The van der Waals surface area contributed by atoms with Crippen molar-refractivity contribution in [3.05, 3.63) is 0 Å². The van der Waals surface area contributed by atoms with Gasteiger partial charge in [-0.3, -0.25) is 0 Å². The zero-order valence-corrected chi connectivity index (χ0v) is 11.3. The topological polar surface area (TPSA) is 63.2 Å². The molecule has 0 aromatic carbocycles. The Morgan fingerprint density at radius 1 is 1.22 bits per heavy atom. The van der Waals surface area contributed by atoms with Gasteiger partial charge in [0.15, 0.2) is 0 Å². The van der Waals surface area contributed by atoms with Gasteiger partial charge in [-0.05, 0) is 18.8 Å². The largest absolute Gasteiger partial charge is 0.463 e. The summed E-state index contributed by atoms with van der Waals surface area (Å²) < 4.78 is 5.69. The van der Waals surface area contributed by atoms with Crippen molar-refractivity contribution in [3.8, 4) is 6.01 Å². The first-order valence-electron chi connectivity index (χ1n) is 6.43. The lowest BCUT2D eigenvalue weighted by atomic mass is 10.1. The predicted octanol–water partition coefficient (Wildman–Crippen LogP) is 1.55. The summed E-state index contributed by atoms with van der Waals surface area (Å²) in [5, 5.41) is 2.92. The predicted molar refractivity (Wildman–Crippen MR) is 71.2 cm³/mol. The maximum atomic E-state index is 5.69. The molecule has 1 aromatic rings. The maximum Gasteiger partial charge on any atom is 0.323 e. The van der Waals surface area contributed by atoms with Gasteiger partial charge in [-0.25, -0.2) is 0 Å². The molecule has 1 N–H and O–H groups in total. The third kappa shape index (κ3) is 3.21. The van der Waals surface area contributed by atoms with Gasteiger partial charge in [-0.2, -0.15) is 15.0 Å². The summed E-state index contributed by atoms with van der Waals surface area (Å²) in [5.74, 6) is 1.80. The molecule has 18 heavy (non-hydrogen) atoms. The van der Waals surface area contributed by atoms with Crippen LogP contribution >= 0.6 is 0 Å². The fraction of sp³-hybridized carbons (Fsp3) is 0.750. The highest BCUT2D eigenvalue weighted by Gasteiger charge is 2.17. The summed E-state index contributed by atoms with van der Waals surface area (Å²) in [7, 11) is 5.58. The third-order valence-electron chi connectivity index (χ3n) is 3.15. The average molecular weight is 251 g/mol. The van der Waals surface area contributed by atoms with Gasteiger partial charge in [-0.1, -0.05) is 12.8 Å². The maximum absolute atomic E-state index is 5.69. The highest BCUT2D eigenvalue weighted by molar-refractivity contribution is 5.36. The minimum atomic E-state index is 0.407. The Bertz CT molecular complexity index is 390. The van der Waals surface area contributed by atoms with Gasteiger partial charge in [-0.15, -0.1) is 0 Å². The van der Waals surface area contributed by atoms with Gasteiger partial charge in [0, 0.05) is 21.1 Å². The summed E-state index contributed by atoms with van der Waals surface area (Å²) in [5.41, 5.74) is 0. The van der Waals surface area contributed by atoms with E-state index in [4.69, 9.17) is 4.74 Å². The second-order valence-electron chi connectivity index (χ2n) is 4.85. The quantitative estimate of drug-likeness (QED) is 0.856. The Morgan fingerprint density at radius 3 is 2.56 bits per heavy atom. The van der Waals surface area contributed by atoms with Gasteiger partial charge in [0.05, 0.1) is 6.61 Å². The van der Waals surface area contributed by atoms with E-state index in [9.17, 15) is 0 Å². The first kappa shape index (κ1) is 12.9. The average Bonchev–Trinajstić information content (AvgIpc) is 2.89. The molecule has 1 heterocycles. The van der Waals surface area contributed by atoms with Gasteiger partial charge >= 0.3 is 6.01 Å². The number of ether oxygens (including phenoxy) is 1. The van der Waals surface area contributed by atoms with E-state index in [1.165, 1.54) is 25.7 Å². The number of nitrogens with one attached hydrogen (secondary N) is 1. The molecule has 6 nitrogen and oxygen atoms in total. The minimum Gasteiger partial charge on any atom is -0.463 e. The molecule has 1 saturated carbocycles. The molecule has 6 heteroatoms. The van der Waals surface area contributed by atoms with Crippen molar-refractivity contribution >= 4 is 11.9 Å². The van der Waals surface area contributed by atoms with Crippen LogP contribution in [0.4, 0.5) is 11.9 Å². The van der Waals surface area contributed by atoms with E-state index in [0.717, 1.165) is 0 Å². The highest BCUT2D eigenvalue weighted by Crippen LogP contribution is 2.25. The zero-order chi connectivity index (χ0) is 13.0. The lowest BCUT2D eigenvalue weighted by molar-refractivity contribution is 0.234. The number of hydrogen-bond donors (Lipinski definition) is 1. The van der Waals surface area contributed by atoms with Crippen LogP contribution in [-0.2, 0) is 0 Å². The Hall–Kier alpha value is -1.59. The molecule has 0 spiro atoms. The minimum absolute atomic E-state index is 0.407. The van der Waals surface area contributed by atoms with Crippen molar-refractivity contribution in [1.82, 2.24) is 15.0 Å². The molecule has 2 rings (SSSR count). The van der Waals surface area contributed by atoms with Crippen molar-refractivity contribution in [2.75, 3.05) is 38.0 Å². The molecule has 0 atom stereocenters. The molecule has 0 aliphatic heterocycles. The van der Waals surface area contributed by atoms with E-state index in [1.54, 1.807) is 7.05 Å². The van der Waals surface area contributed by atoms with Crippen LogP contribution in [0.15, 0.2) is 0 Å². The molecule has 0 bridgehead atoms. The van der Waals surface area contributed by atoms with Crippen LogP contribution in [0.1, 0.15) is 25.7 Å². The van der Waals surface area contributed by atoms with Crippen LogP contribution in [0, 0.1) is 5.92 Å². The molecule has 1 aliphatic carbocycles. The first-order valence-corrected chi connectivity index (χ1v) is 6.43. The van der Waals surface area contributed by atoms with Crippen molar-refractivity contribution in [3.63, 3.8) is 0 Å². The first-order chi connectivity index (χ1) is 8.69. The van der Waals surface area contributed by atoms with Crippen LogP contribution in [0.2, 0.25) is 0 Å². The molecule has 0 unspecified atom stereocenters. The van der Waals surface area contributed by atoms with Crippen molar-refractivity contribution < 1.29 is 4.74 Å². The summed E-state index contributed by atoms with van der Waals surface area (Å²) in [6, 6.07) is 0.407. The standard InChI is InChI=1S/C12H21N5O/c1-13-10-14-11(17(2)3)16-12(15-10)18-8-9-6-4-5-7-9/h9H,4-8H2,1-3H3,(H,13,14,15,16). The van der Waals surface area contributed by atoms with Gasteiger partial charge < -0.3 is 15.0 Å². The number of anilines is 2. The van der Waals surface area contributed by atoms with Crippen LogP contribution in [0.25, 0.3) is 0 Å². The van der Waals surface area contributed by atoms with Crippen molar-refractivity contribution in [1.29, 1.82) is 0 Å². The second-order valence-corrected chi connectivity index (χ2v) is 4.85. The van der Waals surface area contributed by atoms with E-state index in [2.05, 4.69) is 20.3 Å². The van der Waals surface area contributed by atoms with Gasteiger partial charge in [0.25, 0.3) is 0 Å². The van der Waals surface area contributed by atoms with Crippen molar-refractivity contribution in [2.24, 2.45) is 5.92 Å². The third-order valence-corrected chi connectivity index (χ3v) is 3.15. The lowest BCUT2D eigenvalue weighted by Gasteiger charge is -2.14. The zero-order valence-electron chi connectivity index (χ0n) is 11.3. The molecule has 1 aliphatic rings. The normalized spacial score (nSPS) is 15.7. The molecule has 0 amide bonds. The fourth-order valence-corrected chi connectivity index (χ4v) is 2.09. The Morgan fingerprint density at radius 2 is 1.94 bits per heavy atom. The second kappa shape index (κ2) is 5.84. The van der Waals surface area contributed by atoms with E-state index in [-0.39, 0.29) is 0 Å². The summed E-state index contributed by atoms with van der Waals surface area (Å²) in [6.07, 6.45) is 5.14. The molecule has 0 radical (unpaired) electrons. The van der Waals surface area contributed by atoms with Crippen molar-refractivity contribution in [2.45, 2.75) is 25.7 Å².